The molecular weight excluding hydrogens is 254 g/mol. The fourth-order valence-electron chi connectivity index (χ4n) is 2.05. The molecule has 0 N–H and O–H groups in total. The first-order valence-electron chi connectivity index (χ1n) is 5.87. The molecule has 92 valence electrons. The Hall–Kier alpha value is -2.38. The topological polar surface area (TPSA) is 41.6 Å². The van der Waals surface area contributed by atoms with Crippen LogP contribution >= 0.6 is 11.3 Å². The molecule has 4 heteroatoms. The van der Waals surface area contributed by atoms with Crippen LogP contribution in [0.5, 0.6) is 0 Å². The lowest BCUT2D eigenvalue weighted by atomic mass is 10.2. The van der Waals surface area contributed by atoms with Crippen molar-refractivity contribution in [2.24, 2.45) is 7.05 Å². The number of hydrogen-bond donors (Lipinski definition) is 0. The molecule has 19 heavy (non-hydrogen) atoms. The van der Waals surface area contributed by atoms with Gasteiger partial charge in [0, 0.05) is 11.9 Å². The molecule has 2 heterocycles. The number of allylic oxidation sites excluding steroid dienone is 1. The third-order valence-corrected chi connectivity index (χ3v) is 3.80. The van der Waals surface area contributed by atoms with E-state index in [4.69, 9.17) is 0 Å². The lowest BCUT2D eigenvalue weighted by Gasteiger charge is -1.99. The third-order valence-electron chi connectivity index (χ3n) is 2.98. The number of fused-ring (bicyclic) bond motifs is 1. The number of hydrogen-bond acceptors (Lipinski definition) is 3. The second-order valence-electron chi connectivity index (χ2n) is 4.17. The lowest BCUT2D eigenvalue weighted by molar-refractivity contribution is 0.925. The maximum atomic E-state index is 9.36. The van der Waals surface area contributed by atoms with Gasteiger partial charge < -0.3 is 4.57 Å². The Morgan fingerprint density at radius 2 is 2.16 bits per heavy atom. The van der Waals surface area contributed by atoms with Gasteiger partial charge in [-0.15, -0.1) is 11.3 Å². The summed E-state index contributed by atoms with van der Waals surface area (Å²) in [5, 5.41) is 11.4. The van der Waals surface area contributed by atoms with E-state index in [1.165, 1.54) is 0 Å². The lowest BCUT2D eigenvalue weighted by Crippen LogP contribution is -1.95. The molecule has 0 saturated heterocycles. The van der Waals surface area contributed by atoms with Crippen LogP contribution < -0.4 is 0 Å². The molecule has 3 aromatic rings. The summed E-state index contributed by atoms with van der Waals surface area (Å²) >= 11 is 1.61. The Labute approximate surface area is 115 Å². The number of aromatic nitrogens is 2. The minimum absolute atomic E-state index is 0.584. The first-order valence-corrected chi connectivity index (χ1v) is 6.74. The summed E-state index contributed by atoms with van der Waals surface area (Å²) in [7, 11) is 1.93. The van der Waals surface area contributed by atoms with Crippen LogP contribution in [0.2, 0.25) is 0 Å². The van der Waals surface area contributed by atoms with Gasteiger partial charge >= 0.3 is 0 Å². The van der Waals surface area contributed by atoms with Crippen LogP contribution in [0.4, 0.5) is 0 Å². The van der Waals surface area contributed by atoms with Gasteiger partial charge in [0.2, 0.25) is 0 Å². The summed E-state index contributed by atoms with van der Waals surface area (Å²) in [6.45, 7) is 0. The zero-order valence-corrected chi connectivity index (χ0v) is 11.2. The molecule has 0 amide bonds. The van der Waals surface area contributed by atoms with Crippen LogP contribution in [0.1, 0.15) is 10.7 Å². The predicted octanol–water partition coefficient (Wildman–Crippen LogP) is 3.70. The average Bonchev–Trinajstić information content (AvgIpc) is 3.05. The highest BCUT2D eigenvalue weighted by Crippen LogP contribution is 2.23. The van der Waals surface area contributed by atoms with Crippen molar-refractivity contribution in [3.05, 3.63) is 52.5 Å². The van der Waals surface area contributed by atoms with Crippen molar-refractivity contribution in [2.75, 3.05) is 0 Å². The first-order chi connectivity index (χ1) is 9.29. The largest absolute Gasteiger partial charge is 0.327 e. The van der Waals surface area contributed by atoms with E-state index in [1.807, 2.05) is 59.5 Å². The molecule has 0 aliphatic heterocycles. The normalized spacial score (nSPS) is 11.7. The van der Waals surface area contributed by atoms with Gasteiger partial charge in [0.1, 0.15) is 6.07 Å². The van der Waals surface area contributed by atoms with E-state index in [1.54, 1.807) is 11.3 Å². The second kappa shape index (κ2) is 4.71. The van der Waals surface area contributed by atoms with Gasteiger partial charge in [0.25, 0.3) is 0 Å². The SMILES string of the molecule is Cn1c(/C(C#N)=C\c2cccs2)nc2ccccc21. The Morgan fingerprint density at radius 3 is 2.84 bits per heavy atom. The summed E-state index contributed by atoms with van der Waals surface area (Å²) < 4.78 is 1.96. The van der Waals surface area contributed by atoms with E-state index in [9.17, 15) is 5.26 Å². The highest BCUT2D eigenvalue weighted by atomic mass is 32.1. The van der Waals surface area contributed by atoms with Crippen LogP contribution in [-0.4, -0.2) is 9.55 Å². The molecule has 1 aromatic carbocycles. The molecule has 0 aliphatic rings. The van der Waals surface area contributed by atoms with E-state index < -0.39 is 0 Å². The van der Waals surface area contributed by atoms with Crippen LogP contribution in [0.25, 0.3) is 22.7 Å². The van der Waals surface area contributed by atoms with Crippen LogP contribution in [-0.2, 0) is 7.05 Å². The van der Waals surface area contributed by atoms with E-state index in [-0.39, 0.29) is 0 Å². The molecular formula is C15H11N3S. The number of benzene rings is 1. The van der Waals surface area contributed by atoms with Crippen molar-refractivity contribution < 1.29 is 0 Å². The molecule has 3 rings (SSSR count). The van der Waals surface area contributed by atoms with Crippen molar-refractivity contribution in [3.63, 3.8) is 0 Å². The van der Waals surface area contributed by atoms with E-state index in [0.717, 1.165) is 15.9 Å². The van der Waals surface area contributed by atoms with Gasteiger partial charge in [-0.25, -0.2) is 4.98 Å². The van der Waals surface area contributed by atoms with Crippen molar-refractivity contribution in [1.29, 1.82) is 5.26 Å². The van der Waals surface area contributed by atoms with Gasteiger partial charge in [0.15, 0.2) is 5.82 Å². The van der Waals surface area contributed by atoms with Crippen LogP contribution in [0, 0.1) is 11.3 Å². The molecule has 0 aliphatic carbocycles. The maximum absolute atomic E-state index is 9.36. The van der Waals surface area contributed by atoms with E-state index >= 15 is 0 Å². The molecule has 0 saturated carbocycles. The number of thiophene rings is 1. The second-order valence-corrected chi connectivity index (χ2v) is 5.15. The summed E-state index contributed by atoms with van der Waals surface area (Å²) in [5.41, 5.74) is 2.53. The fourth-order valence-corrected chi connectivity index (χ4v) is 2.71. The molecule has 0 radical (unpaired) electrons. The smallest absolute Gasteiger partial charge is 0.151 e. The van der Waals surface area contributed by atoms with Crippen LogP contribution in [0.3, 0.4) is 0 Å². The van der Waals surface area contributed by atoms with E-state index in [0.29, 0.717) is 11.4 Å². The molecule has 0 atom stereocenters. The van der Waals surface area contributed by atoms with Gasteiger partial charge in [-0.1, -0.05) is 18.2 Å². The molecule has 0 fully saturated rings. The summed E-state index contributed by atoms with van der Waals surface area (Å²) in [6.07, 6.45) is 1.88. The monoisotopic (exact) mass is 265 g/mol. The Bertz CT molecular complexity index is 789. The van der Waals surface area contributed by atoms with Gasteiger partial charge in [-0.05, 0) is 29.7 Å². The minimum Gasteiger partial charge on any atom is -0.327 e. The molecule has 0 spiro atoms. The van der Waals surface area contributed by atoms with Crippen molar-refractivity contribution >= 4 is 34.0 Å². The van der Waals surface area contributed by atoms with Crippen molar-refractivity contribution in [2.45, 2.75) is 0 Å². The molecule has 0 bridgehead atoms. The molecule has 2 aromatic heterocycles. The average molecular weight is 265 g/mol. The zero-order chi connectivity index (χ0) is 13.2. The number of para-hydroxylation sites is 2. The summed E-state index contributed by atoms with van der Waals surface area (Å²) in [4.78, 5) is 5.60. The number of nitriles is 1. The quantitative estimate of drug-likeness (QED) is 0.663. The standard InChI is InChI=1S/C15H11N3S/c1-18-14-7-3-2-6-13(14)17-15(18)11(10-16)9-12-5-4-8-19-12/h2-9H,1H3/b11-9-. The highest BCUT2D eigenvalue weighted by Gasteiger charge is 2.11. The number of imidazole rings is 1. The predicted molar refractivity (Wildman–Crippen MR) is 78.5 cm³/mol. The zero-order valence-electron chi connectivity index (χ0n) is 10.4. The van der Waals surface area contributed by atoms with Crippen LogP contribution in [0.15, 0.2) is 41.8 Å². The number of nitrogens with zero attached hydrogens (tertiary/aromatic N) is 3. The van der Waals surface area contributed by atoms with Gasteiger partial charge in [0.05, 0.1) is 16.6 Å². The van der Waals surface area contributed by atoms with Crippen molar-refractivity contribution in [3.8, 4) is 6.07 Å². The third kappa shape index (κ3) is 2.05. The van der Waals surface area contributed by atoms with Gasteiger partial charge in [-0.2, -0.15) is 5.26 Å². The van der Waals surface area contributed by atoms with E-state index in [2.05, 4.69) is 11.1 Å². The molecule has 0 unspecified atom stereocenters. The molecule has 3 nitrogen and oxygen atoms in total. The maximum Gasteiger partial charge on any atom is 0.151 e. The summed E-state index contributed by atoms with van der Waals surface area (Å²) in [6, 6.07) is 14.1. The fraction of sp³-hybridized carbons (Fsp3) is 0.0667. The minimum atomic E-state index is 0.584. The Balaban J connectivity index is 2.18. The number of rotatable bonds is 2. The summed E-state index contributed by atoms with van der Waals surface area (Å²) in [5.74, 6) is 0.706. The van der Waals surface area contributed by atoms with Gasteiger partial charge in [-0.3, -0.25) is 0 Å². The highest BCUT2D eigenvalue weighted by molar-refractivity contribution is 7.10. The Morgan fingerprint density at radius 1 is 1.32 bits per heavy atom. The van der Waals surface area contributed by atoms with Crippen molar-refractivity contribution in [1.82, 2.24) is 9.55 Å². The number of aryl methyl sites for hydroxylation is 1. The first kappa shape index (κ1) is 11.7. The Kier molecular flexibility index (Phi) is 2.90.